The van der Waals surface area contributed by atoms with Crippen LogP contribution in [0.25, 0.3) is 0 Å². The zero-order valence-corrected chi connectivity index (χ0v) is 18.8. The Hall–Kier alpha value is -1.59. The van der Waals surface area contributed by atoms with E-state index in [0.717, 1.165) is 10.8 Å². The number of nitrogens with zero attached hydrogens (tertiary/aromatic N) is 2. The highest BCUT2D eigenvalue weighted by molar-refractivity contribution is 7.74. The van der Waals surface area contributed by atoms with Crippen LogP contribution in [0.5, 0.6) is 0 Å². The summed E-state index contributed by atoms with van der Waals surface area (Å²) in [6.07, 6.45) is 0. The molecule has 12 heteroatoms. The fourth-order valence-corrected chi connectivity index (χ4v) is 3.82. The van der Waals surface area contributed by atoms with Crippen molar-refractivity contribution in [2.45, 2.75) is 0 Å². The summed E-state index contributed by atoms with van der Waals surface area (Å²) in [7, 11) is 1.38. The average Bonchev–Trinajstić information content (AvgIpc) is 2.71. The fourth-order valence-electron chi connectivity index (χ4n) is 2.96. The van der Waals surface area contributed by atoms with Crippen LogP contribution >= 0.6 is 34.8 Å². The molecule has 2 aromatic carbocycles. The van der Waals surface area contributed by atoms with Crippen molar-refractivity contribution in [2.24, 2.45) is 0 Å². The van der Waals surface area contributed by atoms with Gasteiger partial charge in [-0.05, 0) is 30.3 Å². The quantitative estimate of drug-likeness (QED) is 0.370. The second-order valence-corrected chi connectivity index (χ2v) is 8.03. The molecule has 1 saturated heterocycles. The molecule has 8 nitrogen and oxygen atoms in total. The third kappa shape index (κ3) is 5.55. The van der Waals surface area contributed by atoms with E-state index >= 15 is 0 Å². The predicted octanol–water partition coefficient (Wildman–Crippen LogP) is 3.90. The van der Waals surface area contributed by atoms with Gasteiger partial charge in [0.2, 0.25) is 0 Å². The SMILES string of the molecule is CN(OS(=O)[O-])c1ccc(N2CCOCC2)cc1C(=O)Nc1cc(Cl)c(Cl)c(Cl)c1. The number of hydrogen-bond donors (Lipinski definition) is 1. The van der Waals surface area contributed by atoms with Gasteiger partial charge in [0.1, 0.15) is 11.4 Å². The number of halogens is 3. The summed E-state index contributed by atoms with van der Waals surface area (Å²) >= 11 is 15.2. The van der Waals surface area contributed by atoms with Crippen molar-refractivity contribution in [3.05, 3.63) is 51.0 Å². The predicted molar refractivity (Wildman–Crippen MR) is 117 cm³/mol. The van der Waals surface area contributed by atoms with Crippen LogP contribution < -0.4 is 15.3 Å². The first-order valence-electron chi connectivity index (χ1n) is 8.70. The summed E-state index contributed by atoms with van der Waals surface area (Å²) in [5.74, 6) is -0.512. The van der Waals surface area contributed by atoms with E-state index < -0.39 is 17.3 Å². The van der Waals surface area contributed by atoms with Gasteiger partial charge in [0, 0.05) is 31.5 Å². The monoisotopic (exact) mass is 492 g/mol. The van der Waals surface area contributed by atoms with Crippen molar-refractivity contribution in [3.63, 3.8) is 0 Å². The highest BCUT2D eigenvalue weighted by Crippen LogP contribution is 2.34. The van der Waals surface area contributed by atoms with Gasteiger partial charge in [-0.1, -0.05) is 34.8 Å². The number of rotatable bonds is 6. The minimum Gasteiger partial charge on any atom is -0.748 e. The van der Waals surface area contributed by atoms with Crippen LogP contribution in [0.1, 0.15) is 10.4 Å². The van der Waals surface area contributed by atoms with Gasteiger partial charge >= 0.3 is 0 Å². The molecule has 0 aromatic heterocycles. The van der Waals surface area contributed by atoms with Gasteiger partial charge in [-0.3, -0.25) is 4.79 Å². The Morgan fingerprint density at radius 1 is 1.20 bits per heavy atom. The van der Waals surface area contributed by atoms with Crippen LogP contribution in [-0.4, -0.2) is 48.0 Å². The minimum absolute atomic E-state index is 0.178. The van der Waals surface area contributed by atoms with E-state index in [-0.39, 0.29) is 26.3 Å². The molecule has 0 spiro atoms. The number of carbonyl (C=O) groups is 1. The largest absolute Gasteiger partial charge is 0.748 e. The molecule has 30 heavy (non-hydrogen) atoms. The van der Waals surface area contributed by atoms with E-state index in [2.05, 4.69) is 10.2 Å². The smallest absolute Gasteiger partial charge is 0.257 e. The molecule has 162 valence electrons. The number of nitrogens with one attached hydrogen (secondary N) is 1. The number of hydrogen-bond acceptors (Lipinski definition) is 7. The lowest BCUT2D eigenvalue weighted by atomic mass is 10.1. The van der Waals surface area contributed by atoms with Gasteiger partial charge < -0.3 is 19.5 Å². The first kappa shape index (κ1) is 23.1. The summed E-state index contributed by atoms with van der Waals surface area (Å²) in [5.41, 5.74) is 1.56. The van der Waals surface area contributed by atoms with E-state index in [9.17, 15) is 13.6 Å². The second-order valence-electron chi connectivity index (χ2n) is 6.28. The van der Waals surface area contributed by atoms with Gasteiger partial charge in [-0.2, -0.15) is 4.28 Å². The molecule has 1 N–H and O–H groups in total. The summed E-state index contributed by atoms with van der Waals surface area (Å²) < 4.78 is 32.0. The lowest BCUT2D eigenvalue weighted by Crippen LogP contribution is -2.36. The molecular formula is C18H17Cl3N3O5S-. The highest BCUT2D eigenvalue weighted by atomic mass is 35.5. The van der Waals surface area contributed by atoms with E-state index in [1.165, 1.54) is 19.2 Å². The normalized spacial score (nSPS) is 15.0. The standard InChI is InChI=1S/C18H18Cl3N3O5S/c1-23(29-30(26)27)16-3-2-12(24-4-6-28-7-5-24)10-13(16)18(25)22-11-8-14(19)17(21)15(20)9-11/h2-3,8-10H,4-7H2,1H3,(H,22,25)(H,26,27)/p-1. The zero-order valence-electron chi connectivity index (χ0n) is 15.7. The van der Waals surface area contributed by atoms with Crippen molar-refractivity contribution in [3.8, 4) is 0 Å². The second kappa shape index (κ2) is 10.1. The molecule has 1 amide bonds. The number of benzene rings is 2. The van der Waals surface area contributed by atoms with Gasteiger partial charge in [0.05, 0.1) is 39.5 Å². The Balaban J connectivity index is 1.95. The lowest BCUT2D eigenvalue weighted by Gasteiger charge is -2.30. The molecule has 2 aromatic rings. The molecule has 1 heterocycles. The number of carbonyl (C=O) groups excluding carboxylic acids is 1. The number of hydroxylamine groups is 1. The Kier molecular flexibility index (Phi) is 7.81. The maximum atomic E-state index is 13.1. The summed E-state index contributed by atoms with van der Waals surface area (Å²) in [4.78, 5) is 15.1. The van der Waals surface area contributed by atoms with Crippen molar-refractivity contribution < 1.29 is 22.6 Å². The molecule has 1 unspecified atom stereocenters. The maximum Gasteiger partial charge on any atom is 0.257 e. The zero-order chi connectivity index (χ0) is 21.8. The van der Waals surface area contributed by atoms with E-state index in [1.807, 2.05) is 0 Å². The Bertz CT molecular complexity index is 949. The number of amides is 1. The van der Waals surface area contributed by atoms with Crippen LogP contribution in [0.3, 0.4) is 0 Å². The Morgan fingerprint density at radius 3 is 2.43 bits per heavy atom. The van der Waals surface area contributed by atoms with Crippen LogP contribution in [0.15, 0.2) is 30.3 Å². The molecular weight excluding hydrogens is 477 g/mol. The molecule has 1 fully saturated rings. The lowest BCUT2D eigenvalue weighted by molar-refractivity contribution is 0.102. The molecule has 1 aliphatic rings. The number of morpholine rings is 1. The fraction of sp³-hybridized carbons (Fsp3) is 0.278. The van der Waals surface area contributed by atoms with Gasteiger partial charge in [-0.15, -0.1) is 0 Å². The number of anilines is 3. The summed E-state index contributed by atoms with van der Waals surface area (Å²) in [6, 6.07) is 7.97. The van der Waals surface area contributed by atoms with E-state index in [1.54, 1.807) is 18.2 Å². The molecule has 0 saturated carbocycles. The van der Waals surface area contributed by atoms with Gasteiger partial charge in [-0.25, -0.2) is 9.27 Å². The van der Waals surface area contributed by atoms with Crippen molar-refractivity contribution in [1.82, 2.24) is 0 Å². The Morgan fingerprint density at radius 2 is 1.83 bits per heavy atom. The Labute approximate surface area is 191 Å². The molecule has 1 atom stereocenters. The van der Waals surface area contributed by atoms with Crippen LogP contribution in [0, 0.1) is 0 Å². The third-order valence-electron chi connectivity index (χ3n) is 4.35. The maximum absolute atomic E-state index is 13.1. The average molecular weight is 494 g/mol. The van der Waals surface area contributed by atoms with Crippen LogP contribution in [0.2, 0.25) is 15.1 Å². The first-order valence-corrected chi connectivity index (χ1v) is 10.8. The topological polar surface area (TPSA) is 94.2 Å². The van der Waals surface area contributed by atoms with Crippen LogP contribution in [0.4, 0.5) is 17.1 Å². The molecule has 0 aliphatic carbocycles. The van der Waals surface area contributed by atoms with E-state index in [0.29, 0.717) is 32.0 Å². The van der Waals surface area contributed by atoms with Gasteiger partial charge in [0.15, 0.2) is 0 Å². The van der Waals surface area contributed by atoms with Crippen molar-refractivity contribution >= 4 is 69.1 Å². The van der Waals surface area contributed by atoms with Gasteiger partial charge in [0.25, 0.3) is 5.91 Å². The molecule has 0 radical (unpaired) electrons. The van der Waals surface area contributed by atoms with E-state index in [4.69, 9.17) is 43.8 Å². The summed E-state index contributed by atoms with van der Waals surface area (Å²) in [6.45, 7) is 2.48. The van der Waals surface area contributed by atoms with Crippen molar-refractivity contribution in [2.75, 3.05) is 48.6 Å². The highest BCUT2D eigenvalue weighted by Gasteiger charge is 2.20. The summed E-state index contributed by atoms with van der Waals surface area (Å²) in [5, 5.41) is 4.24. The molecule has 0 bridgehead atoms. The minimum atomic E-state index is -2.81. The molecule has 3 rings (SSSR count). The number of ether oxygens (including phenoxy) is 1. The first-order chi connectivity index (χ1) is 14.3. The van der Waals surface area contributed by atoms with Crippen molar-refractivity contribution in [1.29, 1.82) is 0 Å². The molecule has 1 aliphatic heterocycles. The third-order valence-corrected chi connectivity index (χ3v) is 5.90. The van der Waals surface area contributed by atoms with Crippen LogP contribution in [-0.2, 0) is 20.4 Å².